The number of benzene rings is 2. The summed E-state index contributed by atoms with van der Waals surface area (Å²) >= 11 is 6.03. The molecule has 2 aromatic carbocycles. The summed E-state index contributed by atoms with van der Waals surface area (Å²) in [5.41, 5.74) is 2.76. The van der Waals surface area contributed by atoms with E-state index in [-0.39, 0.29) is 19.0 Å². The van der Waals surface area contributed by atoms with Crippen LogP contribution in [0.5, 0.6) is 5.75 Å². The number of carbonyl (C=O) groups excluding carboxylic acids is 1. The van der Waals surface area contributed by atoms with E-state index in [4.69, 9.17) is 16.3 Å². The molecule has 0 spiro atoms. The number of sulfonamides is 1. The van der Waals surface area contributed by atoms with Crippen LogP contribution in [0.1, 0.15) is 27.9 Å². The molecule has 2 aromatic rings. The molecule has 6 nitrogen and oxygen atoms in total. The maximum absolute atomic E-state index is 13.1. The number of halogens is 1. The minimum atomic E-state index is -3.57. The number of fused-ring (bicyclic) bond motifs is 1. The van der Waals surface area contributed by atoms with E-state index in [9.17, 15) is 13.2 Å². The number of rotatable bonds is 4. The lowest BCUT2D eigenvalue weighted by Crippen LogP contribution is -2.50. The second-order valence-electron chi connectivity index (χ2n) is 7.32. The first-order chi connectivity index (χ1) is 13.9. The summed E-state index contributed by atoms with van der Waals surface area (Å²) in [4.78, 5) is 14.9. The smallest absolute Gasteiger partial charge is 0.257 e. The number of hydrogen-bond acceptors (Lipinski definition) is 4. The monoisotopic (exact) mass is 434 g/mol. The summed E-state index contributed by atoms with van der Waals surface area (Å²) in [6.45, 7) is 1.15. The lowest BCUT2D eigenvalue weighted by molar-refractivity contribution is 0.0694. The number of carbonyl (C=O) groups is 1. The molecule has 1 aliphatic carbocycles. The molecule has 0 N–H and O–H groups in total. The summed E-state index contributed by atoms with van der Waals surface area (Å²) in [6.07, 6.45) is 3.03. The van der Waals surface area contributed by atoms with Gasteiger partial charge >= 0.3 is 0 Å². The predicted molar refractivity (Wildman–Crippen MR) is 111 cm³/mol. The highest BCUT2D eigenvalue weighted by molar-refractivity contribution is 7.89. The molecule has 0 radical (unpaired) electrons. The Morgan fingerprint density at radius 3 is 2.45 bits per heavy atom. The number of amides is 1. The van der Waals surface area contributed by atoms with E-state index in [1.165, 1.54) is 17.0 Å². The largest absolute Gasteiger partial charge is 0.496 e. The van der Waals surface area contributed by atoms with Gasteiger partial charge in [0.2, 0.25) is 10.0 Å². The summed E-state index contributed by atoms with van der Waals surface area (Å²) in [7, 11) is -2.07. The van der Waals surface area contributed by atoms with E-state index in [1.807, 2.05) is 12.1 Å². The van der Waals surface area contributed by atoms with Crippen LogP contribution in [0.25, 0.3) is 0 Å². The third-order valence-corrected chi connectivity index (χ3v) is 7.76. The molecule has 0 saturated carbocycles. The molecule has 4 rings (SSSR count). The van der Waals surface area contributed by atoms with Crippen LogP contribution in [0, 0.1) is 0 Å². The Morgan fingerprint density at radius 1 is 1.00 bits per heavy atom. The molecule has 0 aromatic heterocycles. The van der Waals surface area contributed by atoms with Gasteiger partial charge in [-0.05, 0) is 60.7 Å². The van der Waals surface area contributed by atoms with Gasteiger partial charge in [-0.15, -0.1) is 0 Å². The number of ether oxygens (including phenoxy) is 1. The topological polar surface area (TPSA) is 66.9 Å². The van der Waals surface area contributed by atoms with Crippen molar-refractivity contribution in [1.82, 2.24) is 9.21 Å². The van der Waals surface area contributed by atoms with E-state index in [1.54, 1.807) is 29.2 Å². The van der Waals surface area contributed by atoms with Crippen molar-refractivity contribution in [1.29, 1.82) is 0 Å². The van der Waals surface area contributed by atoms with Crippen molar-refractivity contribution < 1.29 is 17.9 Å². The second-order valence-corrected chi connectivity index (χ2v) is 9.70. The zero-order chi connectivity index (χ0) is 20.6. The highest BCUT2D eigenvalue weighted by Crippen LogP contribution is 2.28. The highest BCUT2D eigenvalue weighted by Gasteiger charge is 2.31. The van der Waals surface area contributed by atoms with Gasteiger partial charge in [0.1, 0.15) is 5.75 Å². The van der Waals surface area contributed by atoms with Crippen LogP contribution in [0.3, 0.4) is 0 Å². The Balaban J connectivity index is 1.48. The summed E-state index contributed by atoms with van der Waals surface area (Å²) < 4.78 is 32.9. The minimum Gasteiger partial charge on any atom is -0.496 e. The van der Waals surface area contributed by atoms with Gasteiger partial charge in [-0.3, -0.25) is 4.79 Å². The Morgan fingerprint density at radius 2 is 1.72 bits per heavy atom. The lowest BCUT2D eigenvalue weighted by atomic mass is 10.1. The van der Waals surface area contributed by atoms with Crippen LogP contribution < -0.4 is 4.74 Å². The SMILES string of the molecule is COc1ccc(Cl)cc1C(=O)N1CCN(S(=O)(=O)c2ccc3c(c2)CCC3)CC1. The van der Waals surface area contributed by atoms with Crippen molar-refractivity contribution in [2.75, 3.05) is 33.3 Å². The maximum atomic E-state index is 13.1. The first-order valence-corrected chi connectivity index (χ1v) is 11.5. The highest BCUT2D eigenvalue weighted by atomic mass is 35.5. The maximum Gasteiger partial charge on any atom is 0.257 e. The van der Waals surface area contributed by atoms with Gasteiger partial charge in [0.15, 0.2) is 0 Å². The molecule has 29 heavy (non-hydrogen) atoms. The van der Waals surface area contributed by atoms with Gasteiger partial charge < -0.3 is 9.64 Å². The fourth-order valence-corrected chi connectivity index (χ4v) is 5.65. The quantitative estimate of drug-likeness (QED) is 0.742. The summed E-state index contributed by atoms with van der Waals surface area (Å²) in [5, 5.41) is 0.451. The number of nitrogens with zero attached hydrogens (tertiary/aromatic N) is 2. The van der Waals surface area contributed by atoms with Crippen molar-refractivity contribution in [3.05, 3.63) is 58.1 Å². The predicted octanol–water partition coefficient (Wildman–Crippen LogP) is 2.98. The zero-order valence-corrected chi connectivity index (χ0v) is 17.8. The van der Waals surface area contributed by atoms with Gasteiger partial charge in [0.05, 0.1) is 17.6 Å². The van der Waals surface area contributed by atoms with Crippen molar-refractivity contribution >= 4 is 27.5 Å². The number of methoxy groups -OCH3 is 1. The third-order valence-electron chi connectivity index (χ3n) is 5.63. The van der Waals surface area contributed by atoms with E-state index >= 15 is 0 Å². The zero-order valence-electron chi connectivity index (χ0n) is 16.2. The van der Waals surface area contributed by atoms with Crippen LogP contribution in [-0.4, -0.2) is 56.8 Å². The van der Waals surface area contributed by atoms with E-state index in [2.05, 4.69) is 0 Å². The Kier molecular flexibility index (Phi) is 5.55. The molecule has 1 heterocycles. The van der Waals surface area contributed by atoms with Crippen LogP contribution in [0.15, 0.2) is 41.3 Å². The standard InChI is InChI=1S/C21H23ClN2O4S/c1-28-20-8-6-17(22)14-19(20)21(25)23-9-11-24(12-10-23)29(26,27)18-7-5-15-3-2-4-16(15)13-18/h5-8,13-14H,2-4,9-12H2,1H3. The molecule has 8 heteroatoms. The average molecular weight is 435 g/mol. The summed E-state index contributed by atoms with van der Waals surface area (Å²) in [5.74, 6) is 0.242. The van der Waals surface area contributed by atoms with Gasteiger partial charge in [-0.1, -0.05) is 17.7 Å². The first-order valence-electron chi connectivity index (χ1n) is 9.65. The normalized spacial score (nSPS) is 17.2. The minimum absolute atomic E-state index is 0.209. The lowest BCUT2D eigenvalue weighted by Gasteiger charge is -2.34. The molecule has 1 saturated heterocycles. The van der Waals surface area contributed by atoms with E-state index in [0.717, 1.165) is 24.8 Å². The van der Waals surface area contributed by atoms with E-state index < -0.39 is 10.0 Å². The molecule has 154 valence electrons. The molecular formula is C21H23ClN2O4S. The van der Waals surface area contributed by atoms with Gasteiger partial charge in [0, 0.05) is 31.2 Å². The van der Waals surface area contributed by atoms with Gasteiger partial charge in [-0.25, -0.2) is 8.42 Å². The van der Waals surface area contributed by atoms with Crippen LogP contribution in [0.4, 0.5) is 0 Å². The van der Waals surface area contributed by atoms with Crippen molar-refractivity contribution in [3.63, 3.8) is 0 Å². The average Bonchev–Trinajstić information content (AvgIpc) is 3.21. The van der Waals surface area contributed by atoms with Gasteiger partial charge in [-0.2, -0.15) is 4.31 Å². The van der Waals surface area contributed by atoms with Crippen molar-refractivity contribution in [3.8, 4) is 5.75 Å². The summed E-state index contributed by atoms with van der Waals surface area (Å²) in [6, 6.07) is 10.3. The molecule has 2 aliphatic rings. The van der Waals surface area contributed by atoms with Crippen LogP contribution >= 0.6 is 11.6 Å². The number of aryl methyl sites for hydroxylation is 2. The van der Waals surface area contributed by atoms with Crippen LogP contribution in [-0.2, 0) is 22.9 Å². The van der Waals surface area contributed by atoms with Crippen LogP contribution in [0.2, 0.25) is 5.02 Å². The Labute approximate surface area is 176 Å². The Bertz CT molecular complexity index is 1050. The molecule has 1 aliphatic heterocycles. The number of hydrogen-bond donors (Lipinski definition) is 0. The van der Waals surface area contributed by atoms with Gasteiger partial charge in [0.25, 0.3) is 5.91 Å². The second kappa shape index (κ2) is 7.97. The molecule has 1 fully saturated rings. The number of piperazine rings is 1. The molecule has 0 bridgehead atoms. The van der Waals surface area contributed by atoms with Crippen molar-refractivity contribution in [2.45, 2.75) is 24.2 Å². The Hall–Kier alpha value is -2.09. The third kappa shape index (κ3) is 3.86. The fourth-order valence-electron chi connectivity index (χ4n) is 4.01. The molecule has 0 atom stereocenters. The molecular weight excluding hydrogens is 412 g/mol. The van der Waals surface area contributed by atoms with Crippen molar-refractivity contribution in [2.24, 2.45) is 0 Å². The molecule has 0 unspecified atom stereocenters. The van der Waals surface area contributed by atoms with E-state index in [0.29, 0.717) is 34.3 Å². The first kappa shape index (κ1) is 20.2. The fraction of sp³-hybridized carbons (Fsp3) is 0.381. The molecule has 1 amide bonds.